The van der Waals surface area contributed by atoms with Gasteiger partial charge in [-0.25, -0.2) is 0 Å². The number of ether oxygens (including phenoxy) is 3. The van der Waals surface area contributed by atoms with Crippen LogP contribution in [-0.4, -0.2) is 46.8 Å². The Hall–Kier alpha value is -4.66. The topological polar surface area (TPSA) is 119 Å². The zero-order chi connectivity index (χ0) is 35.7. The third kappa shape index (κ3) is 9.37. The summed E-state index contributed by atoms with van der Waals surface area (Å²) >= 11 is 13.8. The molecular weight excluding hydrogens is 687 g/mol. The minimum absolute atomic E-state index is 0.197. The minimum atomic E-state index is 0.197. The van der Waals surface area contributed by atoms with Crippen LogP contribution < -0.4 is 19.5 Å². The van der Waals surface area contributed by atoms with Gasteiger partial charge in [0.15, 0.2) is 5.82 Å². The second-order valence-corrected chi connectivity index (χ2v) is 13.6. The number of halogens is 2. The van der Waals surface area contributed by atoms with Gasteiger partial charge in [-0.3, -0.25) is 4.98 Å². The lowest BCUT2D eigenvalue weighted by Gasteiger charge is -2.29. The predicted molar refractivity (Wildman–Crippen MR) is 196 cm³/mol. The van der Waals surface area contributed by atoms with Gasteiger partial charge in [0.1, 0.15) is 36.5 Å². The van der Waals surface area contributed by atoms with Crippen LogP contribution in [0.25, 0.3) is 11.1 Å². The Morgan fingerprint density at radius 1 is 0.941 bits per heavy atom. The zero-order valence-electron chi connectivity index (χ0n) is 28.9. The second-order valence-electron chi connectivity index (χ2n) is 12.8. The van der Waals surface area contributed by atoms with Crippen LogP contribution in [0, 0.1) is 31.1 Å². The number of benzene rings is 3. The lowest BCUT2D eigenvalue weighted by atomic mass is 9.96. The molecule has 10 nitrogen and oxygen atoms in total. The van der Waals surface area contributed by atoms with E-state index in [-0.39, 0.29) is 13.2 Å². The largest absolute Gasteiger partial charge is 0.492 e. The van der Waals surface area contributed by atoms with Crippen LogP contribution in [0.1, 0.15) is 52.4 Å². The van der Waals surface area contributed by atoms with Crippen molar-refractivity contribution in [1.29, 1.82) is 5.26 Å². The summed E-state index contributed by atoms with van der Waals surface area (Å²) in [5, 5.41) is 17.6. The lowest BCUT2D eigenvalue weighted by Crippen LogP contribution is -2.34. The number of aromatic nitrogens is 3. The van der Waals surface area contributed by atoms with Crippen LogP contribution in [0.3, 0.4) is 0 Å². The van der Waals surface area contributed by atoms with Gasteiger partial charge in [-0.2, -0.15) is 10.2 Å². The van der Waals surface area contributed by atoms with Gasteiger partial charge in [0, 0.05) is 61.1 Å². The highest BCUT2D eigenvalue weighted by Gasteiger charge is 2.20. The Morgan fingerprint density at radius 2 is 1.76 bits per heavy atom. The van der Waals surface area contributed by atoms with E-state index in [1.165, 1.54) is 12.6 Å². The average Bonchev–Trinajstić information content (AvgIpc) is 3.55. The smallest absolute Gasteiger partial charge is 0.223 e. The number of nitrogens with one attached hydrogen (secondary N) is 1. The summed E-state index contributed by atoms with van der Waals surface area (Å²) in [4.78, 5) is 10.7. The first-order chi connectivity index (χ1) is 24.8. The van der Waals surface area contributed by atoms with Crippen LogP contribution in [0.15, 0.2) is 71.5 Å². The van der Waals surface area contributed by atoms with Crippen LogP contribution in [-0.2, 0) is 26.3 Å². The lowest BCUT2D eigenvalue weighted by molar-refractivity contribution is 0.150. The highest BCUT2D eigenvalue weighted by Crippen LogP contribution is 2.39. The normalized spacial score (nSPS) is 14.6. The Labute approximate surface area is 308 Å². The van der Waals surface area contributed by atoms with Crippen molar-refractivity contribution < 1.29 is 18.7 Å². The molecule has 0 spiro atoms. The standard InChI is InChI=1S/C39H40Cl2N6O4/c1-25-30(8-4-9-32(25)33-10-5-11-35(39(33)41)48-22-27-7-6-12-47(3)21-27)24-50-37-15-36(49-23-29-13-28(16-42)17-43-18-29)31(14-34(37)40)19-44-20-38-45-26(2)51-46-38/h4-5,8-11,13-15,17-18,27,44H,6-7,12,19-24H2,1-3H3. The number of piperidine rings is 1. The molecule has 1 atom stereocenters. The first kappa shape index (κ1) is 36.1. The number of nitriles is 1. The highest BCUT2D eigenvalue weighted by atomic mass is 35.5. The van der Waals surface area contributed by atoms with Gasteiger partial charge >= 0.3 is 0 Å². The van der Waals surface area contributed by atoms with E-state index in [4.69, 9.17) is 41.9 Å². The maximum absolute atomic E-state index is 9.30. The van der Waals surface area contributed by atoms with Gasteiger partial charge in [-0.05, 0) is 68.2 Å². The van der Waals surface area contributed by atoms with E-state index in [1.54, 1.807) is 25.3 Å². The summed E-state index contributed by atoms with van der Waals surface area (Å²) in [6.07, 6.45) is 5.53. The van der Waals surface area contributed by atoms with Gasteiger partial charge in [-0.15, -0.1) is 0 Å². The molecule has 1 aliphatic rings. The number of hydrogen-bond donors (Lipinski definition) is 1. The van der Waals surface area contributed by atoms with E-state index in [0.29, 0.717) is 70.2 Å². The molecule has 0 radical (unpaired) electrons. The number of likely N-dealkylation sites (tertiary alicyclic amines) is 1. The van der Waals surface area contributed by atoms with Crippen LogP contribution in [0.2, 0.25) is 10.0 Å². The van der Waals surface area contributed by atoms with Crippen LogP contribution in [0.5, 0.6) is 17.2 Å². The van der Waals surface area contributed by atoms with E-state index >= 15 is 0 Å². The van der Waals surface area contributed by atoms with E-state index in [9.17, 15) is 5.26 Å². The fraction of sp³-hybridized carbons (Fsp3) is 0.333. The van der Waals surface area contributed by atoms with Gasteiger partial charge in [0.25, 0.3) is 0 Å². The molecule has 1 N–H and O–H groups in total. The maximum atomic E-state index is 9.30. The molecule has 264 valence electrons. The van der Waals surface area contributed by atoms with E-state index in [2.05, 4.69) is 51.4 Å². The van der Waals surface area contributed by atoms with Crippen molar-refractivity contribution in [3.8, 4) is 34.4 Å². The van der Waals surface area contributed by atoms with Crippen molar-refractivity contribution in [2.75, 3.05) is 26.7 Å². The van der Waals surface area contributed by atoms with Gasteiger partial charge in [0.2, 0.25) is 5.89 Å². The molecule has 6 rings (SSSR count). The number of nitrogens with zero attached hydrogens (tertiary/aromatic N) is 5. The number of aryl methyl sites for hydroxylation is 1. The molecule has 1 saturated heterocycles. The monoisotopic (exact) mass is 726 g/mol. The summed E-state index contributed by atoms with van der Waals surface area (Å²) in [5.74, 6) is 3.27. The number of pyridine rings is 1. The Balaban J connectivity index is 1.18. The summed E-state index contributed by atoms with van der Waals surface area (Å²) in [5.41, 5.74) is 5.97. The minimum Gasteiger partial charge on any atom is -0.492 e. The van der Waals surface area contributed by atoms with Gasteiger partial charge < -0.3 is 29.0 Å². The molecular formula is C39H40Cl2N6O4. The second kappa shape index (κ2) is 17.0. The van der Waals surface area contributed by atoms with Crippen molar-refractivity contribution in [3.05, 3.63) is 117 Å². The van der Waals surface area contributed by atoms with Crippen molar-refractivity contribution in [3.63, 3.8) is 0 Å². The molecule has 1 fully saturated rings. The molecule has 0 aliphatic carbocycles. The molecule has 3 heterocycles. The highest BCUT2D eigenvalue weighted by molar-refractivity contribution is 6.35. The fourth-order valence-electron chi connectivity index (χ4n) is 6.20. The third-order valence-corrected chi connectivity index (χ3v) is 9.57. The molecule has 1 aliphatic heterocycles. The molecule has 0 saturated carbocycles. The quantitative estimate of drug-likeness (QED) is 0.120. The average molecular weight is 728 g/mol. The summed E-state index contributed by atoms with van der Waals surface area (Å²) < 4.78 is 23.9. The summed E-state index contributed by atoms with van der Waals surface area (Å²) in [6.45, 7) is 7.90. The van der Waals surface area contributed by atoms with Crippen molar-refractivity contribution in [2.45, 2.75) is 53.0 Å². The van der Waals surface area contributed by atoms with E-state index in [1.807, 2.05) is 36.4 Å². The van der Waals surface area contributed by atoms with E-state index in [0.717, 1.165) is 52.9 Å². The van der Waals surface area contributed by atoms with Crippen molar-refractivity contribution >= 4 is 23.2 Å². The number of rotatable bonds is 14. The fourth-order valence-corrected chi connectivity index (χ4v) is 6.73. The first-order valence-corrected chi connectivity index (χ1v) is 17.6. The maximum Gasteiger partial charge on any atom is 0.223 e. The molecule has 0 amide bonds. The summed E-state index contributed by atoms with van der Waals surface area (Å²) in [7, 11) is 2.16. The molecule has 2 aromatic heterocycles. The molecule has 5 aromatic rings. The van der Waals surface area contributed by atoms with Gasteiger partial charge in [-0.1, -0.05) is 58.7 Å². The van der Waals surface area contributed by atoms with E-state index < -0.39 is 0 Å². The molecule has 1 unspecified atom stereocenters. The van der Waals surface area contributed by atoms with Gasteiger partial charge in [0.05, 0.1) is 28.8 Å². The summed E-state index contributed by atoms with van der Waals surface area (Å²) in [6, 6.07) is 19.5. The number of hydrogen-bond acceptors (Lipinski definition) is 10. The Morgan fingerprint density at radius 3 is 2.57 bits per heavy atom. The Bertz CT molecular complexity index is 2010. The molecule has 0 bridgehead atoms. The van der Waals surface area contributed by atoms with Crippen LogP contribution >= 0.6 is 23.2 Å². The first-order valence-electron chi connectivity index (χ1n) is 16.9. The van der Waals surface area contributed by atoms with Crippen LogP contribution in [0.4, 0.5) is 0 Å². The third-order valence-electron chi connectivity index (χ3n) is 8.88. The SMILES string of the molecule is Cc1nc(CNCc2cc(Cl)c(OCc3cccc(-c4cccc(OCC5CCCN(C)C5)c4Cl)c3C)cc2OCc2cncc(C#N)c2)no1. The zero-order valence-corrected chi connectivity index (χ0v) is 30.4. The Kier molecular flexibility index (Phi) is 12.1. The van der Waals surface area contributed by atoms with Crippen molar-refractivity contribution in [1.82, 2.24) is 25.3 Å². The molecule has 12 heteroatoms. The molecule has 3 aromatic carbocycles. The van der Waals surface area contributed by atoms with Crippen molar-refractivity contribution in [2.24, 2.45) is 5.92 Å². The molecule has 51 heavy (non-hydrogen) atoms. The predicted octanol–water partition coefficient (Wildman–Crippen LogP) is 8.10.